The third-order valence-corrected chi connectivity index (χ3v) is 3.54. The lowest BCUT2D eigenvalue weighted by Gasteiger charge is -2.29. The van der Waals surface area contributed by atoms with Gasteiger partial charge in [-0.2, -0.15) is 5.48 Å². The van der Waals surface area contributed by atoms with E-state index in [1.54, 1.807) is 12.6 Å². The van der Waals surface area contributed by atoms with Gasteiger partial charge < -0.3 is 10.2 Å². The molecule has 86 valence electrons. The van der Waals surface area contributed by atoms with Crippen molar-refractivity contribution in [3.63, 3.8) is 0 Å². The topological polar surface area (TPSA) is 41.1 Å². The molecule has 4 heteroatoms. The second-order valence-corrected chi connectivity index (χ2v) is 4.59. The monoisotopic (exact) mass is 220 g/mol. The first-order valence-corrected chi connectivity index (χ1v) is 5.83. The van der Waals surface area contributed by atoms with Crippen molar-refractivity contribution in [1.82, 2.24) is 5.32 Å². The van der Waals surface area contributed by atoms with Crippen molar-refractivity contribution in [2.75, 3.05) is 25.1 Å². The number of fused-ring (bicyclic) bond motifs is 2. The van der Waals surface area contributed by atoms with Crippen LogP contribution in [0.4, 0.5) is 11.4 Å². The molecule has 2 aliphatic heterocycles. The Balaban J connectivity index is 1.75. The molecule has 0 saturated carbocycles. The first kappa shape index (κ1) is 10.1. The molecule has 4 nitrogen and oxygen atoms in total. The van der Waals surface area contributed by atoms with Gasteiger partial charge in [0.25, 0.3) is 0 Å². The molecule has 0 radical (unpaired) electrons. The van der Waals surface area contributed by atoms with Gasteiger partial charge in [0, 0.05) is 43.0 Å². The van der Waals surface area contributed by atoms with Gasteiger partial charge >= 0.3 is 0 Å². The number of piperazine rings is 1. The second kappa shape index (κ2) is 4.05. The minimum absolute atomic E-state index is 0.697. The van der Waals surface area contributed by atoms with Crippen LogP contribution in [0, 0.1) is 0 Å². The molecular formula is C12H18N3O+. The zero-order valence-electron chi connectivity index (χ0n) is 9.52. The van der Waals surface area contributed by atoms with E-state index in [-0.39, 0.29) is 0 Å². The van der Waals surface area contributed by atoms with E-state index < -0.39 is 0 Å². The maximum absolute atomic E-state index is 4.99. The summed E-state index contributed by atoms with van der Waals surface area (Å²) < 4.78 is 0. The normalized spacial score (nSPS) is 27.7. The van der Waals surface area contributed by atoms with E-state index in [4.69, 9.17) is 4.84 Å². The number of benzene rings is 1. The Labute approximate surface area is 95.5 Å². The van der Waals surface area contributed by atoms with Crippen LogP contribution in [-0.4, -0.2) is 32.3 Å². The fourth-order valence-electron chi connectivity index (χ4n) is 2.76. The lowest BCUT2D eigenvalue weighted by Crippen LogP contribution is -2.75. The molecule has 2 heterocycles. The number of nitrogens with one attached hydrogen (secondary N) is 1. The van der Waals surface area contributed by atoms with Gasteiger partial charge in [0.15, 0.2) is 5.69 Å². The lowest BCUT2D eigenvalue weighted by atomic mass is 10.2. The molecule has 1 aromatic rings. The number of rotatable bonds is 3. The van der Waals surface area contributed by atoms with Gasteiger partial charge in [-0.25, -0.2) is 4.84 Å². The second-order valence-electron chi connectivity index (χ2n) is 4.59. The van der Waals surface area contributed by atoms with E-state index in [2.05, 4.69) is 34.5 Å². The molecule has 2 fully saturated rings. The number of hydrogen-bond acceptors (Lipinski definition) is 3. The molecule has 2 aliphatic rings. The summed E-state index contributed by atoms with van der Waals surface area (Å²) in [6.45, 7) is 2.29. The van der Waals surface area contributed by atoms with Crippen molar-refractivity contribution in [3.8, 4) is 0 Å². The van der Waals surface area contributed by atoms with Gasteiger partial charge in [0.2, 0.25) is 0 Å². The van der Waals surface area contributed by atoms with Crippen molar-refractivity contribution in [2.24, 2.45) is 0 Å². The number of nitrogens with two attached hydrogens (primary N) is 1. The van der Waals surface area contributed by atoms with Crippen molar-refractivity contribution >= 4 is 11.4 Å². The van der Waals surface area contributed by atoms with Crippen LogP contribution in [0.1, 0.15) is 6.42 Å². The smallest absolute Gasteiger partial charge is 0.162 e. The molecule has 2 bridgehead atoms. The van der Waals surface area contributed by atoms with Gasteiger partial charge in [-0.15, -0.1) is 0 Å². The highest BCUT2D eigenvalue weighted by Gasteiger charge is 2.37. The zero-order valence-corrected chi connectivity index (χ0v) is 9.52. The van der Waals surface area contributed by atoms with Crippen LogP contribution in [0.5, 0.6) is 0 Å². The average molecular weight is 220 g/mol. The minimum atomic E-state index is 0.697. The molecule has 3 rings (SSSR count). The number of nitrogens with zero attached hydrogens (tertiary/aromatic N) is 1. The van der Waals surface area contributed by atoms with Crippen LogP contribution in [0.2, 0.25) is 0 Å². The quantitative estimate of drug-likeness (QED) is 0.556. The Morgan fingerprint density at radius 3 is 2.75 bits per heavy atom. The summed E-state index contributed by atoms with van der Waals surface area (Å²) in [5, 5.41) is 3.52. The largest absolute Gasteiger partial charge is 0.366 e. The van der Waals surface area contributed by atoms with Gasteiger partial charge in [-0.05, 0) is 18.6 Å². The highest BCUT2D eigenvalue weighted by molar-refractivity contribution is 5.53. The molecule has 0 amide bonds. The molecule has 0 aromatic heterocycles. The predicted molar refractivity (Wildman–Crippen MR) is 62.6 cm³/mol. The fraction of sp³-hybridized carbons (Fsp3) is 0.500. The summed E-state index contributed by atoms with van der Waals surface area (Å²) in [4.78, 5) is 7.51. The summed E-state index contributed by atoms with van der Waals surface area (Å²) in [5.41, 5.74) is 4.22. The summed E-state index contributed by atoms with van der Waals surface area (Å²) in [5.74, 6) is 0. The van der Waals surface area contributed by atoms with Gasteiger partial charge in [-0.3, -0.25) is 0 Å². The van der Waals surface area contributed by atoms with Crippen LogP contribution in [-0.2, 0) is 4.84 Å². The van der Waals surface area contributed by atoms with Crippen LogP contribution >= 0.6 is 0 Å². The zero-order chi connectivity index (χ0) is 11.0. The molecule has 16 heavy (non-hydrogen) atoms. The first-order chi connectivity index (χ1) is 7.86. The number of hydrogen-bond donors (Lipinski definition) is 2. The molecule has 2 atom stereocenters. The lowest BCUT2D eigenvalue weighted by molar-refractivity contribution is -0.830. The first-order valence-electron chi connectivity index (χ1n) is 5.83. The minimum Gasteiger partial charge on any atom is -0.366 e. The summed E-state index contributed by atoms with van der Waals surface area (Å²) >= 11 is 0. The predicted octanol–water partition coefficient (Wildman–Crippen LogP) is -0.00660. The SMILES string of the molecule is CO[NH2+]c1ccc(N2CC3CC2CN3)cc1. The summed E-state index contributed by atoms with van der Waals surface area (Å²) in [6, 6.07) is 9.99. The fourth-order valence-corrected chi connectivity index (χ4v) is 2.76. The Hall–Kier alpha value is -1.10. The Morgan fingerprint density at radius 2 is 2.19 bits per heavy atom. The highest BCUT2D eigenvalue weighted by atomic mass is 16.6. The summed E-state index contributed by atoms with van der Waals surface area (Å²) in [6.07, 6.45) is 1.30. The van der Waals surface area contributed by atoms with E-state index >= 15 is 0 Å². The van der Waals surface area contributed by atoms with E-state index in [0.717, 1.165) is 18.8 Å². The number of anilines is 1. The molecule has 2 saturated heterocycles. The van der Waals surface area contributed by atoms with E-state index in [9.17, 15) is 0 Å². The van der Waals surface area contributed by atoms with Gasteiger partial charge in [-0.1, -0.05) is 0 Å². The van der Waals surface area contributed by atoms with Crippen LogP contribution in [0.15, 0.2) is 24.3 Å². The van der Waals surface area contributed by atoms with Crippen molar-refractivity contribution in [2.45, 2.75) is 18.5 Å². The Morgan fingerprint density at radius 1 is 1.38 bits per heavy atom. The van der Waals surface area contributed by atoms with E-state index in [1.165, 1.54) is 12.1 Å². The molecule has 0 aliphatic carbocycles. The van der Waals surface area contributed by atoms with E-state index in [0.29, 0.717) is 12.1 Å². The molecule has 3 N–H and O–H groups in total. The molecule has 1 aromatic carbocycles. The van der Waals surface area contributed by atoms with Crippen molar-refractivity contribution < 1.29 is 10.3 Å². The highest BCUT2D eigenvalue weighted by Crippen LogP contribution is 2.29. The van der Waals surface area contributed by atoms with Crippen LogP contribution < -0.4 is 15.7 Å². The average Bonchev–Trinajstić information content (AvgIpc) is 2.92. The molecule has 0 spiro atoms. The molecular weight excluding hydrogens is 202 g/mol. The maximum Gasteiger partial charge on any atom is 0.162 e. The van der Waals surface area contributed by atoms with Crippen LogP contribution in [0.25, 0.3) is 0 Å². The summed E-state index contributed by atoms with van der Waals surface area (Å²) in [7, 11) is 1.68. The van der Waals surface area contributed by atoms with Crippen molar-refractivity contribution in [1.29, 1.82) is 0 Å². The Kier molecular flexibility index (Phi) is 2.55. The van der Waals surface area contributed by atoms with Gasteiger partial charge in [0.05, 0.1) is 7.11 Å². The number of quaternary nitrogens is 1. The standard InChI is InChI=1S/C12H17N3O/c1-16-14-9-2-4-11(5-3-9)15-8-10-6-12(15)7-13-10/h2-5,10,12-14H,6-8H2,1H3/p+1. The van der Waals surface area contributed by atoms with Crippen molar-refractivity contribution in [3.05, 3.63) is 24.3 Å². The van der Waals surface area contributed by atoms with Crippen LogP contribution in [0.3, 0.4) is 0 Å². The maximum atomic E-state index is 4.99. The van der Waals surface area contributed by atoms with E-state index in [1.807, 2.05) is 0 Å². The Bertz CT molecular complexity index is 365. The third-order valence-electron chi connectivity index (χ3n) is 3.54. The molecule has 2 unspecified atom stereocenters. The van der Waals surface area contributed by atoms with Gasteiger partial charge in [0.1, 0.15) is 0 Å². The third kappa shape index (κ3) is 1.69.